The summed E-state index contributed by atoms with van der Waals surface area (Å²) in [4.78, 5) is 13.7. The molecule has 1 heterocycles. The second-order valence-corrected chi connectivity index (χ2v) is 3.84. The normalized spacial score (nSPS) is 22.3. The van der Waals surface area contributed by atoms with Crippen molar-refractivity contribution in [3.8, 4) is 0 Å². The van der Waals surface area contributed by atoms with Gasteiger partial charge in [0.25, 0.3) is 0 Å². The zero-order valence-corrected chi connectivity index (χ0v) is 9.08. The Bertz CT molecular complexity index is 225. The molecule has 0 bridgehead atoms. The predicted molar refractivity (Wildman–Crippen MR) is 56.0 cm³/mol. The lowest BCUT2D eigenvalue weighted by Gasteiger charge is -2.22. The van der Waals surface area contributed by atoms with Gasteiger partial charge in [-0.3, -0.25) is 9.69 Å². The minimum atomic E-state index is -0.0775. The number of esters is 1. The van der Waals surface area contributed by atoms with E-state index in [0.717, 1.165) is 31.5 Å². The van der Waals surface area contributed by atoms with E-state index in [4.69, 9.17) is 4.74 Å². The van der Waals surface area contributed by atoms with E-state index in [-0.39, 0.29) is 12.0 Å². The summed E-state index contributed by atoms with van der Waals surface area (Å²) in [5, 5.41) is 0. The van der Waals surface area contributed by atoms with E-state index >= 15 is 0 Å². The lowest BCUT2D eigenvalue weighted by Crippen LogP contribution is -2.38. The van der Waals surface area contributed by atoms with Gasteiger partial charge in [0.2, 0.25) is 0 Å². The Kier molecular flexibility index (Phi) is 4.14. The fourth-order valence-corrected chi connectivity index (χ4v) is 1.87. The molecule has 0 aliphatic carbocycles. The molecule has 0 saturated carbocycles. The minimum Gasteiger partial charge on any atom is -0.465 e. The maximum Gasteiger partial charge on any atom is 0.323 e. The molecule has 1 aliphatic heterocycles. The average Bonchev–Trinajstić information content (AvgIpc) is 2.51. The summed E-state index contributed by atoms with van der Waals surface area (Å²) in [5.74, 6) is -0.0775. The summed E-state index contributed by atoms with van der Waals surface area (Å²) in [7, 11) is 0. The van der Waals surface area contributed by atoms with Crippen LogP contribution in [0.3, 0.4) is 0 Å². The SMILES string of the molecule is C=C(C)CN1CCCC1C(=O)OCC. The van der Waals surface area contributed by atoms with Gasteiger partial charge in [0.1, 0.15) is 6.04 Å². The van der Waals surface area contributed by atoms with Crippen LogP contribution < -0.4 is 0 Å². The molecule has 1 saturated heterocycles. The van der Waals surface area contributed by atoms with Crippen LogP contribution in [0.15, 0.2) is 12.2 Å². The number of likely N-dealkylation sites (tertiary alicyclic amines) is 1. The zero-order chi connectivity index (χ0) is 10.6. The molecule has 0 amide bonds. The molecule has 0 N–H and O–H groups in total. The fourth-order valence-electron chi connectivity index (χ4n) is 1.87. The number of nitrogens with zero attached hydrogens (tertiary/aromatic N) is 1. The Balaban J connectivity index is 2.50. The molecule has 80 valence electrons. The molecular weight excluding hydrogens is 178 g/mol. The van der Waals surface area contributed by atoms with Gasteiger partial charge in [-0.2, -0.15) is 0 Å². The first-order valence-corrected chi connectivity index (χ1v) is 5.20. The summed E-state index contributed by atoms with van der Waals surface area (Å²) < 4.78 is 5.03. The van der Waals surface area contributed by atoms with E-state index in [1.54, 1.807) is 0 Å². The van der Waals surface area contributed by atoms with Crippen molar-refractivity contribution >= 4 is 5.97 Å². The predicted octanol–water partition coefficient (Wildman–Crippen LogP) is 1.59. The van der Waals surface area contributed by atoms with Crippen LogP contribution in [-0.2, 0) is 9.53 Å². The second-order valence-electron chi connectivity index (χ2n) is 3.84. The van der Waals surface area contributed by atoms with Crippen molar-refractivity contribution in [1.29, 1.82) is 0 Å². The van der Waals surface area contributed by atoms with Gasteiger partial charge in [-0.25, -0.2) is 0 Å². The van der Waals surface area contributed by atoms with Crippen molar-refractivity contribution in [3.05, 3.63) is 12.2 Å². The van der Waals surface area contributed by atoms with Crippen LogP contribution in [0.5, 0.6) is 0 Å². The summed E-state index contributed by atoms with van der Waals surface area (Å²) in [6.07, 6.45) is 2.00. The third-order valence-electron chi connectivity index (χ3n) is 2.40. The Labute approximate surface area is 85.7 Å². The molecule has 3 nitrogen and oxygen atoms in total. The summed E-state index contributed by atoms with van der Waals surface area (Å²) >= 11 is 0. The maximum atomic E-state index is 11.5. The number of carbonyl (C=O) groups is 1. The van der Waals surface area contributed by atoms with Gasteiger partial charge in [0, 0.05) is 6.54 Å². The van der Waals surface area contributed by atoms with Gasteiger partial charge in [0.05, 0.1) is 6.61 Å². The van der Waals surface area contributed by atoms with Gasteiger partial charge in [-0.05, 0) is 33.2 Å². The second kappa shape index (κ2) is 5.15. The van der Waals surface area contributed by atoms with Crippen LogP contribution in [0, 0.1) is 0 Å². The minimum absolute atomic E-state index is 0.0355. The highest BCUT2D eigenvalue weighted by Crippen LogP contribution is 2.19. The highest BCUT2D eigenvalue weighted by molar-refractivity contribution is 5.76. The van der Waals surface area contributed by atoms with Crippen molar-refractivity contribution in [2.75, 3.05) is 19.7 Å². The van der Waals surface area contributed by atoms with E-state index in [2.05, 4.69) is 11.5 Å². The first-order chi connectivity index (χ1) is 6.65. The van der Waals surface area contributed by atoms with Gasteiger partial charge in [-0.15, -0.1) is 0 Å². The summed E-state index contributed by atoms with van der Waals surface area (Å²) in [5.41, 5.74) is 1.10. The third kappa shape index (κ3) is 2.84. The molecule has 0 spiro atoms. The molecule has 3 heteroatoms. The number of ether oxygens (including phenoxy) is 1. The van der Waals surface area contributed by atoms with Gasteiger partial charge in [0.15, 0.2) is 0 Å². The average molecular weight is 197 g/mol. The number of hydrogen-bond donors (Lipinski definition) is 0. The smallest absolute Gasteiger partial charge is 0.323 e. The third-order valence-corrected chi connectivity index (χ3v) is 2.40. The van der Waals surface area contributed by atoms with E-state index < -0.39 is 0 Å². The molecule has 1 fully saturated rings. The van der Waals surface area contributed by atoms with Crippen LogP contribution in [0.2, 0.25) is 0 Å². The van der Waals surface area contributed by atoms with Gasteiger partial charge < -0.3 is 4.74 Å². The lowest BCUT2D eigenvalue weighted by molar-refractivity contribution is -0.148. The van der Waals surface area contributed by atoms with E-state index in [1.165, 1.54) is 0 Å². The van der Waals surface area contributed by atoms with Crippen molar-refractivity contribution < 1.29 is 9.53 Å². The molecular formula is C11H19NO2. The molecule has 0 aromatic rings. The molecule has 1 aliphatic rings. The Hall–Kier alpha value is -0.830. The van der Waals surface area contributed by atoms with Crippen LogP contribution in [-0.4, -0.2) is 36.6 Å². The number of hydrogen-bond acceptors (Lipinski definition) is 3. The molecule has 1 unspecified atom stereocenters. The van der Waals surface area contributed by atoms with Crippen LogP contribution in [0.1, 0.15) is 26.7 Å². The van der Waals surface area contributed by atoms with E-state index in [1.807, 2.05) is 13.8 Å². The molecule has 1 atom stereocenters. The Morgan fingerprint density at radius 3 is 2.93 bits per heavy atom. The first kappa shape index (κ1) is 11.2. The lowest BCUT2D eigenvalue weighted by atomic mass is 10.2. The van der Waals surface area contributed by atoms with Gasteiger partial charge in [-0.1, -0.05) is 12.2 Å². The largest absolute Gasteiger partial charge is 0.465 e. The quantitative estimate of drug-likeness (QED) is 0.506. The highest BCUT2D eigenvalue weighted by atomic mass is 16.5. The van der Waals surface area contributed by atoms with Crippen molar-refractivity contribution in [2.45, 2.75) is 32.7 Å². The van der Waals surface area contributed by atoms with Crippen LogP contribution in [0.25, 0.3) is 0 Å². The van der Waals surface area contributed by atoms with Crippen molar-refractivity contribution in [3.63, 3.8) is 0 Å². The maximum absolute atomic E-state index is 11.5. The van der Waals surface area contributed by atoms with E-state index in [0.29, 0.717) is 6.61 Å². The van der Waals surface area contributed by atoms with Crippen molar-refractivity contribution in [2.24, 2.45) is 0 Å². The standard InChI is InChI=1S/C11H19NO2/c1-4-14-11(13)10-6-5-7-12(10)8-9(2)3/h10H,2,4-8H2,1,3H3. The Morgan fingerprint density at radius 2 is 2.36 bits per heavy atom. The zero-order valence-electron chi connectivity index (χ0n) is 9.08. The topological polar surface area (TPSA) is 29.5 Å². The van der Waals surface area contributed by atoms with Crippen LogP contribution >= 0.6 is 0 Å². The highest BCUT2D eigenvalue weighted by Gasteiger charge is 2.31. The molecule has 0 radical (unpaired) electrons. The Morgan fingerprint density at radius 1 is 1.64 bits per heavy atom. The molecule has 0 aromatic heterocycles. The molecule has 14 heavy (non-hydrogen) atoms. The van der Waals surface area contributed by atoms with Crippen molar-refractivity contribution in [1.82, 2.24) is 4.90 Å². The number of rotatable bonds is 4. The summed E-state index contributed by atoms with van der Waals surface area (Å²) in [6, 6.07) is -0.0355. The number of carbonyl (C=O) groups excluding carboxylic acids is 1. The first-order valence-electron chi connectivity index (χ1n) is 5.20. The van der Waals surface area contributed by atoms with Gasteiger partial charge >= 0.3 is 5.97 Å². The fraction of sp³-hybridized carbons (Fsp3) is 0.727. The summed E-state index contributed by atoms with van der Waals surface area (Å²) in [6.45, 7) is 9.95. The van der Waals surface area contributed by atoms with E-state index in [9.17, 15) is 4.79 Å². The monoisotopic (exact) mass is 197 g/mol. The molecule has 0 aromatic carbocycles. The van der Waals surface area contributed by atoms with Crippen LogP contribution in [0.4, 0.5) is 0 Å². The molecule has 1 rings (SSSR count).